The SMILES string of the molecule is C=C1Cn2nnnc2-c2cc(Br)ccc21. The summed E-state index contributed by atoms with van der Waals surface area (Å²) < 4.78 is 2.78. The molecule has 1 aliphatic heterocycles. The van der Waals surface area contributed by atoms with E-state index in [2.05, 4.69) is 38.0 Å². The average molecular weight is 263 g/mol. The van der Waals surface area contributed by atoms with Crippen molar-refractivity contribution in [3.63, 3.8) is 0 Å². The standard InChI is InChI=1S/C10H7BrN4/c1-6-5-15-10(12-13-14-15)9-4-7(11)2-3-8(6)9/h2-4H,1,5H2. The van der Waals surface area contributed by atoms with Gasteiger partial charge in [-0.25, -0.2) is 4.68 Å². The normalized spacial score (nSPS) is 13.5. The lowest BCUT2D eigenvalue weighted by Gasteiger charge is -2.17. The number of rotatable bonds is 0. The Balaban J connectivity index is 2.35. The van der Waals surface area contributed by atoms with Gasteiger partial charge in [0.15, 0.2) is 5.82 Å². The summed E-state index contributed by atoms with van der Waals surface area (Å²) >= 11 is 3.44. The molecule has 0 spiro atoms. The Morgan fingerprint density at radius 3 is 3.07 bits per heavy atom. The van der Waals surface area contributed by atoms with E-state index in [4.69, 9.17) is 0 Å². The van der Waals surface area contributed by atoms with Gasteiger partial charge >= 0.3 is 0 Å². The van der Waals surface area contributed by atoms with E-state index in [1.165, 1.54) is 0 Å². The van der Waals surface area contributed by atoms with Gasteiger partial charge in [-0.15, -0.1) is 5.10 Å². The van der Waals surface area contributed by atoms with Gasteiger partial charge in [-0.2, -0.15) is 0 Å². The van der Waals surface area contributed by atoms with Crippen LogP contribution >= 0.6 is 15.9 Å². The van der Waals surface area contributed by atoms with E-state index >= 15 is 0 Å². The maximum atomic E-state index is 4.03. The molecule has 0 amide bonds. The quantitative estimate of drug-likeness (QED) is 0.731. The van der Waals surface area contributed by atoms with Gasteiger partial charge in [0.2, 0.25) is 0 Å². The number of nitrogens with zero attached hydrogens (tertiary/aromatic N) is 4. The predicted molar refractivity (Wildman–Crippen MR) is 60.0 cm³/mol. The first-order chi connectivity index (χ1) is 7.25. The molecule has 1 aromatic carbocycles. The summed E-state index contributed by atoms with van der Waals surface area (Å²) in [6.07, 6.45) is 0. The smallest absolute Gasteiger partial charge is 0.182 e. The maximum absolute atomic E-state index is 4.03. The highest BCUT2D eigenvalue weighted by molar-refractivity contribution is 9.10. The minimum atomic E-state index is 0.664. The van der Waals surface area contributed by atoms with Crippen molar-refractivity contribution in [2.24, 2.45) is 0 Å². The fraction of sp³-hybridized carbons (Fsp3) is 0.100. The first-order valence-electron chi connectivity index (χ1n) is 4.50. The molecule has 1 aromatic heterocycles. The molecule has 3 rings (SSSR count). The summed E-state index contributed by atoms with van der Waals surface area (Å²) in [5.41, 5.74) is 3.20. The first-order valence-corrected chi connectivity index (χ1v) is 5.29. The predicted octanol–water partition coefficient (Wildman–Crippen LogP) is 2.13. The van der Waals surface area contributed by atoms with Crippen molar-refractivity contribution in [2.75, 3.05) is 0 Å². The van der Waals surface area contributed by atoms with E-state index in [0.29, 0.717) is 6.54 Å². The zero-order valence-electron chi connectivity index (χ0n) is 7.81. The van der Waals surface area contributed by atoms with Crippen LogP contribution in [0.15, 0.2) is 29.3 Å². The summed E-state index contributed by atoms with van der Waals surface area (Å²) in [7, 11) is 0. The first kappa shape index (κ1) is 8.79. The number of hydrogen-bond acceptors (Lipinski definition) is 3. The topological polar surface area (TPSA) is 43.6 Å². The molecule has 0 unspecified atom stereocenters. The minimum absolute atomic E-state index is 0.664. The van der Waals surface area contributed by atoms with Crippen molar-refractivity contribution in [3.05, 3.63) is 34.8 Å². The number of tetrazole rings is 1. The van der Waals surface area contributed by atoms with Crippen molar-refractivity contribution >= 4 is 21.5 Å². The van der Waals surface area contributed by atoms with Crippen LogP contribution in [0.3, 0.4) is 0 Å². The van der Waals surface area contributed by atoms with E-state index < -0.39 is 0 Å². The zero-order chi connectivity index (χ0) is 10.4. The molecule has 15 heavy (non-hydrogen) atoms. The summed E-state index contributed by atoms with van der Waals surface area (Å²) in [6, 6.07) is 6.06. The largest absolute Gasteiger partial charge is 0.221 e. The second kappa shape index (κ2) is 3.00. The van der Waals surface area contributed by atoms with E-state index in [1.54, 1.807) is 4.68 Å². The monoisotopic (exact) mass is 262 g/mol. The van der Waals surface area contributed by atoms with Gasteiger partial charge in [-0.3, -0.25) is 0 Å². The lowest BCUT2D eigenvalue weighted by Crippen LogP contribution is -2.11. The van der Waals surface area contributed by atoms with Crippen LogP contribution < -0.4 is 0 Å². The molecule has 1 aliphatic rings. The summed E-state index contributed by atoms with van der Waals surface area (Å²) in [6.45, 7) is 4.70. The second-order valence-electron chi connectivity index (χ2n) is 3.45. The molecule has 2 heterocycles. The molecule has 0 radical (unpaired) electrons. The summed E-state index contributed by atoms with van der Waals surface area (Å²) in [5.74, 6) is 0.804. The van der Waals surface area contributed by atoms with Crippen LogP contribution in [0.5, 0.6) is 0 Å². The van der Waals surface area contributed by atoms with E-state index in [0.717, 1.165) is 27.0 Å². The van der Waals surface area contributed by atoms with Gasteiger partial charge in [0.25, 0.3) is 0 Å². The molecule has 0 bridgehead atoms. The van der Waals surface area contributed by atoms with Crippen molar-refractivity contribution in [1.82, 2.24) is 20.2 Å². The van der Waals surface area contributed by atoms with Gasteiger partial charge < -0.3 is 0 Å². The number of aromatic nitrogens is 4. The zero-order valence-corrected chi connectivity index (χ0v) is 9.40. The fourth-order valence-electron chi connectivity index (χ4n) is 1.78. The minimum Gasteiger partial charge on any atom is -0.221 e. The highest BCUT2D eigenvalue weighted by atomic mass is 79.9. The Kier molecular flexibility index (Phi) is 1.76. The Morgan fingerprint density at radius 1 is 1.33 bits per heavy atom. The molecular weight excluding hydrogens is 256 g/mol. The molecule has 0 saturated heterocycles. The molecule has 4 nitrogen and oxygen atoms in total. The number of fused-ring (bicyclic) bond motifs is 3. The van der Waals surface area contributed by atoms with E-state index in [-0.39, 0.29) is 0 Å². The van der Waals surface area contributed by atoms with Crippen LogP contribution in [0.1, 0.15) is 5.56 Å². The molecule has 5 heteroatoms. The summed E-state index contributed by atoms with van der Waals surface area (Å²) in [4.78, 5) is 0. The molecular formula is C10H7BrN4. The lowest BCUT2D eigenvalue weighted by atomic mass is 9.97. The van der Waals surface area contributed by atoms with Gasteiger partial charge in [-0.1, -0.05) is 28.6 Å². The van der Waals surface area contributed by atoms with E-state index in [1.807, 2.05) is 18.2 Å². The Morgan fingerprint density at radius 2 is 2.20 bits per heavy atom. The number of halogens is 1. The third-order valence-corrected chi connectivity index (χ3v) is 2.97. The van der Waals surface area contributed by atoms with Gasteiger partial charge in [0, 0.05) is 10.0 Å². The van der Waals surface area contributed by atoms with Crippen molar-refractivity contribution < 1.29 is 0 Å². The van der Waals surface area contributed by atoms with Crippen molar-refractivity contribution in [2.45, 2.75) is 6.54 Å². The third-order valence-electron chi connectivity index (χ3n) is 2.48. The maximum Gasteiger partial charge on any atom is 0.182 e. The molecule has 0 aliphatic carbocycles. The molecule has 0 atom stereocenters. The van der Waals surface area contributed by atoms with Crippen molar-refractivity contribution in [1.29, 1.82) is 0 Å². The number of allylic oxidation sites excluding steroid dienone is 1. The molecule has 0 N–H and O–H groups in total. The van der Waals surface area contributed by atoms with Gasteiger partial charge in [0.1, 0.15) is 0 Å². The van der Waals surface area contributed by atoms with Crippen LogP contribution in [0.25, 0.3) is 17.0 Å². The van der Waals surface area contributed by atoms with Crippen LogP contribution in [0.4, 0.5) is 0 Å². The highest BCUT2D eigenvalue weighted by Crippen LogP contribution is 2.34. The van der Waals surface area contributed by atoms with Crippen molar-refractivity contribution in [3.8, 4) is 11.4 Å². The lowest BCUT2D eigenvalue weighted by molar-refractivity contribution is 0.668. The van der Waals surface area contributed by atoms with Crippen LogP contribution in [0.2, 0.25) is 0 Å². The number of benzene rings is 1. The molecule has 2 aromatic rings. The summed E-state index contributed by atoms with van der Waals surface area (Å²) in [5, 5.41) is 11.6. The van der Waals surface area contributed by atoms with E-state index in [9.17, 15) is 0 Å². The van der Waals surface area contributed by atoms with Crippen LogP contribution in [0, 0.1) is 0 Å². The van der Waals surface area contributed by atoms with Crippen LogP contribution in [-0.4, -0.2) is 20.2 Å². The highest BCUT2D eigenvalue weighted by Gasteiger charge is 2.21. The Bertz CT molecular complexity index is 558. The molecule has 0 saturated carbocycles. The second-order valence-corrected chi connectivity index (χ2v) is 4.37. The van der Waals surface area contributed by atoms with Gasteiger partial charge in [0.05, 0.1) is 6.54 Å². The Hall–Kier alpha value is -1.49. The number of hydrogen-bond donors (Lipinski definition) is 0. The molecule has 74 valence electrons. The van der Waals surface area contributed by atoms with Gasteiger partial charge in [-0.05, 0) is 33.7 Å². The Labute approximate surface area is 94.7 Å². The fourth-order valence-corrected chi connectivity index (χ4v) is 2.14. The average Bonchev–Trinajstić information content (AvgIpc) is 2.65. The third kappa shape index (κ3) is 1.23. The molecule has 0 fully saturated rings. The van der Waals surface area contributed by atoms with Crippen LogP contribution in [-0.2, 0) is 6.54 Å².